The van der Waals surface area contributed by atoms with Crippen LogP contribution in [0, 0.1) is 5.92 Å². The summed E-state index contributed by atoms with van der Waals surface area (Å²) in [6.45, 7) is 4.61. The molecule has 0 aliphatic heterocycles. The molecule has 0 aliphatic rings. The first kappa shape index (κ1) is 15.3. The van der Waals surface area contributed by atoms with Crippen LogP contribution in [0.25, 0.3) is 11.4 Å². The molecule has 2 rings (SSSR count). The van der Waals surface area contributed by atoms with Crippen molar-refractivity contribution in [3.05, 3.63) is 41.0 Å². The number of amides is 1. The molecular formula is C15H17ClN4O. The zero-order chi connectivity index (χ0) is 15.4. The Hall–Kier alpha value is -2.14. The van der Waals surface area contributed by atoms with Gasteiger partial charge in [-0.15, -0.1) is 0 Å². The second kappa shape index (κ2) is 6.54. The summed E-state index contributed by atoms with van der Waals surface area (Å²) in [6, 6.07) is 7.15. The third-order valence-corrected chi connectivity index (χ3v) is 3.05. The number of nitrogens with zero attached hydrogens (tertiary/aromatic N) is 2. The molecule has 1 aromatic heterocycles. The largest absolute Gasteiger partial charge is 0.383 e. The van der Waals surface area contributed by atoms with Crippen molar-refractivity contribution in [3.63, 3.8) is 0 Å². The van der Waals surface area contributed by atoms with E-state index in [0.717, 1.165) is 5.56 Å². The number of hydrogen-bond acceptors (Lipinski definition) is 4. The molecule has 1 amide bonds. The van der Waals surface area contributed by atoms with Crippen LogP contribution < -0.4 is 11.1 Å². The molecule has 0 saturated heterocycles. The van der Waals surface area contributed by atoms with Gasteiger partial charge in [0.25, 0.3) is 5.91 Å². The van der Waals surface area contributed by atoms with Crippen LogP contribution >= 0.6 is 11.6 Å². The van der Waals surface area contributed by atoms with Crippen LogP contribution in [0.3, 0.4) is 0 Å². The highest BCUT2D eigenvalue weighted by Crippen LogP contribution is 2.21. The summed E-state index contributed by atoms with van der Waals surface area (Å²) in [5.74, 6) is 0.692. The summed E-state index contributed by atoms with van der Waals surface area (Å²) in [4.78, 5) is 20.3. The summed E-state index contributed by atoms with van der Waals surface area (Å²) >= 11 is 5.94. The Morgan fingerprint density at radius 2 is 2.19 bits per heavy atom. The van der Waals surface area contributed by atoms with Crippen LogP contribution in [0.2, 0.25) is 5.02 Å². The number of aromatic nitrogens is 2. The summed E-state index contributed by atoms with van der Waals surface area (Å²) in [5.41, 5.74) is 6.89. The molecular weight excluding hydrogens is 288 g/mol. The Kier molecular flexibility index (Phi) is 4.75. The highest BCUT2D eigenvalue weighted by molar-refractivity contribution is 6.30. The Balaban J connectivity index is 2.23. The van der Waals surface area contributed by atoms with Crippen molar-refractivity contribution in [2.75, 3.05) is 12.3 Å². The fraction of sp³-hybridized carbons (Fsp3) is 0.267. The number of nitrogens with one attached hydrogen (secondary N) is 1. The lowest BCUT2D eigenvalue weighted by Crippen LogP contribution is -2.28. The van der Waals surface area contributed by atoms with E-state index >= 15 is 0 Å². The number of halogens is 1. The minimum atomic E-state index is -0.265. The number of anilines is 1. The van der Waals surface area contributed by atoms with Gasteiger partial charge in [-0.2, -0.15) is 0 Å². The van der Waals surface area contributed by atoms with Crippen molar-refractivity contribution in [1.29, 1.82) is 0 Å². The number of carbonyl (C=O) groups excluding carboxylic acids is 1. The minimum absolute atomic E-state index is 0.154. The molecule has 2 aromatic rings. The second-order valence-corrected chi connectivity index (χ2v) is 5.54. The molecule has 5 nitrogen and oxygen atoms in total. The van der Waals surface area contributed by atoms with Crippen LogP contribution in [0.1, 0.15) is 24.2 Å². The van der Waals surface area contributed by atoms with Gasteiger partial charge in [-0.05, 0) is 18.1 Å². The maximum absolute atomic E-state index is 12.0. The van der Waals surface area contributed by atoms with Gasteiger partial charge >= 0.3 is 0 Å². The van der Waals surface area contributed by atoms with Gasteiger partial charge in [-0.25, -0.2) is 9.97 Å². The SMILES string of the molecule is CC(C)CNC(=O)c1cnc(-c2cccc(Cl)c2)nc1N. The number of nitrogens with two attached hydrogens (primary N) is 1. The molecule has 3 N–H and O–H groups in total. The summed E-state index contributed by atoms with van der Waals surface area (Å²) in [7, 11) is 0. The molecule has 1 heterocycles. The Bertz CT molecular complexity index is 658. The molecule has 0 saturated carbocycles. The van der Waals surface area contributed by atoms with Gasteiger partial charge in [0.15, 0.2) is 5.82 Å². The normalized spacial score (nSPS) is 10.7. The van der Waals surface area contributed by atoms with E-state index in [4.69, 9.17) is 17.3 Å². The van der Waals surface area contributed by atoms with E-state index < -0.39 is 0 Å². The van der Waals surface area contributed by atoms with Gasteiger partial charge in [0.1, 0.15) is 5.82 Å². The molecule has 0 bridgehead atoms. The van der Waals surface area contributed by atoms with E-state index in [9.17, 15) is 4.79 Å². The third kappa shape index (κ3) is 3.92. The van der Waals surface area contributed by atoms with E-state index in [1.165, 1.54) is 6.20 Å². The predicted octanol–water partition coefficient (Wildman–Crippen LogP) is 2.76. The van der Waals surface area contributed by atoms with E-state index in [1.807, 2.05) is 19.9 Å². The van der Waals surface area contributed by atoms with Crippen molar-refractivity contribution < 1.29 is 4.79 Å². The number of nitrogen functional groups attached to an aromatic ring is 1. The number of rotatable bonds is 4. The predicted molar refractivity (Wildman–Crippen MR) is 84.1 cm³/mol. The molecule has 0 unspecified atom stereocenters. The molecule has 0 fully saturated rings. The average Bonchev–Trinajstić information content (AvgIpc) is 2.44. The van der Waals surface area contributed by atoms with Crippen molar-refractivity contribution in [2.24, 2.45) is 5.92 Å². The lowest BCUT2D eigenvalue weighted by atomic mass is 10.2. The first-order chi connectivity index (χ1) is 9.97. The standard InChI is InChI=1S/C15H17ClN4O/c1-9(2)7-19-15(21)12-8-18-14(20-13(12)17)10-4-3-5-11(16)6-10/h3-6,8-9H,7H2,1-2H3,(H,19,21)(H2,17,18,20). The van der Waals surface area contributed by atoms with E-state index in [0.29, 0.717) is 23.3 Å². The molecule has 0 aliphatic carbocycles. The number of carbonyl (C=O) groups is 1. The fourth-order valence-electron chi connectivity index (χ4n) is 1.73. The van der Waals surface area contributed by atoms with Gasteiger partial charge in [-0.3, -0.25) is 4.79 Å². The van der Waals surface area contributed by atoms with Gasteiger partial charge in [0.05, 0.1) is 5.56 Å². The lowest BCUT2D eigenvalue weighted by molar-refractivity contribution is 0.0949. The van der Waals surface area contributed by atoms with Gasteiger partial charge in [-0.1, -0.05) is 37.6 Å². The number of hydrogen-bond donors (Lipinski definition) is 2. The Morgan fingerprint density at radius 1 is 1.43 bits per heavy atom. The molecule has 0 spiro atoms. The Labute approximate surface area is 128 Å². The van der Waals surface area contributed by atoms with E-state index in [1.54, 1.807) is 18.2 Å². The van der Waals surface area contributed by atoms with Crippen LogP contribution in [-0.4, -0.2) is 22.4 Å². The summed E-state index contributed by atoms with van der Waals surface area (Å²) in [5, 5.41) is 3.38. The lowest BCUT2D eigenvalue weighted by Gasteiger charge is -2.09. The number of benzene rings is 1. The maximum Gasteiger partial charge on any atom is 0.256 e. The maximum atomic E-state index is 12.0. The van der Waals surface area contributed by atoms with Crippen molar-refractivity contribution in [1.82, 2.24) is 15.3 Å². The smallest absolute Gasteiger partial charge is 0.256 e. The highest BCUT2D eigenvalue weighted by atomic mass is 35.5. The first-order valence-electron chi connectivity index (χ1n) is 6.64. The topological polar surface area (TPSA) is 80.9 Å². The minimum Gasteiger partial charge on any atom is -0.383 e. The van der Waals surface area contributed by atoms with Gasteiger partial charge in [0.2, 0.25) is 0 Å². The van der Waals surface area contributed by atoms with E-state index in [2.05, 4.69) is 15.3 Å². The molecule has 0 radical (unpaired) electrons. The fourth-order valence-corrected chi connectivity index (χ4v) is 1.92. The first-order valence-corrected chi connectivity index (χ1v) is 7.02. The molecule has 1 aromatic carbocycles. The monoisotopic (exact) mass is 304 g/mol. The average molecular weight is 305 g/mol. The van der Waals surface area contributed by atoms with Crippen LogP contribution in [-0.2, 0) is 0 Å². The van der Waals surface area contributed by atoms with Crippen molar-refractivity contribution >= 4 is 23.3 Å². The van der Waals surface area contributed by atoms with Crippen LogP contribution in [0.15, 0.2) is 30.5 Å². The molecule has 6 heteroatoms. The third-order valence-electron chi connectivity index (χ3n) is 2.82. The quantitative estimate of drug-likeness (QED) is 0.910. The molecule has 110 valence electrons. The van der Waals surface area contributed by atoms with E-state index in [-0.39, 0.29) is 17.3 Å². The van der Waals surface area contributed by atoms with Gasteiger partial charge in [0, 0.05) is 23.3 Å². The summed E-state index contributed by atoms with van der Waals surface area (Å²) in [6.07, 6.45) is 1.44. The van der Waals surface area contributed by atoms with Crippen molar-refractivity contribution in [2.45, 2.75) is 13.8 Å². The molecule has 0 atom stereocenters. The van der Waals surface area contributed by atoms with Crippen LogP contribution in [0.4, 0.5) is 5.82 Å². The van der Waals surface area contributed by atoms with Crippen molar-refractivity contribution in [3.8, 4) is 11.4 Å². The Morgan fingerprint density at radius 3 is 2.81 bits per heavy atom. The molecule has 21 heavy (non-hydrogen) atoms. The second-order valence-electron chi connectivity index (χ2n) is 5.11. The zero-order valence-electron chi connectivity index (χ0n) is 11.9. The summed E-state index contributed by atoms with van der Waals surface area (Å²) < 4.78 is 0. The zero-order valence-corrected chi connectivity index (χ0v) is 12.7. The van der Waals surface area contributed by atoms with Crippen LogP contribution in [0.5, 0.6) is 0 Å². The highest BCUT2D eigenvalue weighted by Gasteiger charge is 2.13. The van der Waals surface area contributed by atoms with Gasteiger partial charge < -0.3 is 11.1 Å².